The molecule has 164 valence electrons. The Kier molecular flexibility index (Phi) is 3.57. The lowest BCUT2D eigenvalue weighted by atomic mass is 10.1. The van der Waals surface area contributed by atoms with Crippen LogP contribution in [0.15, 0.2) is 108 Å². The first kappa shape index (κ1) is 18.5. The molecule has 0 amide bonds. The van der Waals surface area contributed by atoms with Crippen LogP contribution >= 0.6 is 0 Å². The Morgan fingerprint density at radius 3 is 2.20 bits per heavy atom. The van der Waals surface area contributed by atoms with E-state index in [-0.39, 0.29) is 0 Å². The van der Waals surface area contributed by atoms with Gasteiger partial charge >= 0.3 is 0 Å². The molecule has 6 nitrogen and oxygen atoms in total. The van der Waals surface area contributed by atoms with Gasteiger partial charge in [0.05, 0.1) is 22.2 Å². The standard InChI is InChI=1S/C29H17N5O/c1-2-10-18(11-3-1)25-19-12-4-6-14-21(19)30-28(32-25)34-26-20-13-5-9-17-24(20)35-27(26)33-23-16-8-7-15-22(23)31-29(33)34/h1-17H. The van der Waals surface area contributed by atoms with Crippen LogP contribution in [-0.4, -0.2) is 23.9 Å². The van der Waals surface area contributed by atoms with Gasteiger partial charge < -0.3 is 4.42 Å². The highest BCUT2D eigenvalue weighted by molar-refractivity contribution is 6.06. The molecular formula is C29H17N5O. The van der Waals surface area contributed by atoms with E-state index in [4.69, 9.17) is 19.4 Å². The number of fused-ring (bicyclic) bond motifs is 8. The zero-order valence-electron chi connectivity index (χ0n) is 18.5. The highest BCUT2D eigenvalue weighted by Crippen LogP contribution is 2.36. The Balaban J connectivity index is 1.58. The first-order valence-electron chi connectivity index (χ1n) is 11.5. The van der Waals surface area contributed by atoms with Gasteiger partial charge in [0.1, 0.15) is 11.1 Å². The highest BCUT2D eigenvalue weighted by atomic mass is 16.3. The smallest absolute Gasteiger partial charge is 0.238 e. The van der Waals surface area contributed by atoms with Crippen molar-refractivity contribution in [3.63, 3.8) is 0 Å². The van der Waals surface area contributed by atoms with Crippen LogP contribution in [0.3, 0.4) is 0 Å². The van der Waals surface area contributed by atoms with Gasteiger partial charge in [0.15, 0.2) is 0 Å². The summed E-state index contributed by atoms with van der Waals surface area (Å²) in [6.07, 6.45) is 0. The van der Waals surface area contributed by atoms with Crippen LogP contribution in [-0.2, 0) is 0 Å². The minimum Gasteiger partial charge on any atom is -0.437 e. The predicted octanol–water partition coefficient (Wildman–Crippen LogP) is 6.79. The summed E-state index contributed by atoms with van der Waals surface area (Å²) < 4.78 is 10.5. The van der Waals surface area contributed by atoms with Crippen molar-refractivity contribution < 1.29 is 4.42 Å². The van der Waals surface area contributed by atoms with Gasteiger partial charge in [-0.25, -0.2) is 23.9 Å². The molecule has 0 aliphatic rings. The van der Waals surface area contributed by atoms with Gasteiger partial charge in [-0.2, -0.15) is 0 Å². The van der Waals surface area contributed by atoms with Crippen LogP contribution in [0.5, 0.6) is 0 Å². The maximum atomic E-state index is 6.38. The average molecular weight is 451 g/mol. The van der Waals surface area contributed by atoms with Crippen molar-refractivity contribution in [3.05, 3.63) is 103 Å². The lowest BCUT2D eigenvalue weighted by Crippen LogP contribution is -2.04. The number of para-hydroxylation sites is 4. The van der Waals surface area contributed by atoms with Crippen molar-refractivity contribution in [3.8, 4) is 17.2 Å². The van der Waals surface area contributed by atoms with Crippen LogP contribution in [0.25, 0.3) is 67.1 Å². The summed E-state index contributed by atoms with van der Waals surface area (Å²) in [6.45, 7) is 0. The lowest BCUT2D eigenvalue weighted by Gasteiger charge is -2.10. The predicted molar refractivity (Wildman–Crippen MR) is 138 cm³/mol. The molecule has 4 heterocycles. The molecule has 6 heteroatoms. The fourth-order valence-electron chi connectivity index (χ4n) is 5.02. The molecule has 0 saturated carbocycles. The molecule has 0 saturated heterocycles. The third-order valence-corrected chi connectivity index (χ3v) is 6.56. The average Bonchev–Trinajstić information content (AvgIpc) is 3.56. The maximum Gasteiger partial charge on any atom is 0.238 e. The van der Waals surface area contributed by atoms with E-state index >= 15 is 0 Å². The summed E-state index contributed by atoms with van der Waals surface area (Å²) >= 11 is 0. The third-order valence-electron chi connectivity index (χ3n) is 6.56. The minimum absolute atomic E-state index is 0.560. The van der Waals surface area contributed by atoms with E-state index in [0.717, 1.165) is 61.2 Å². The summed E-state index contributed by atoms with van der Waals surface area (Å²) in [5.74, 6) is 1.28. The number of aromatic nitrogens is 5. The Morgan fingerprint density at radius 1 is 0.600 bits per heavy atom. The quantitative estimate of drug-likeness (QED) is 0.290. The molecule has 35 heavy (non-hydrogen) atoms. The second-order valence-electron chi connectivity index (χ2n) is 8.58. The van der Waals surface area contributed by atoms with E-state index in [1.165, 1.54) is 0 Å². The summed E-state index contributed by atoms with van der Waals surface area (Å²) in [7, 11) is 0. The lowest BCUT2D eigenvalue weighted by molar-refractivity contribution is 0.651. The van der Waals surface area contributed by atoms with E-state index in [9.17, 15) is 0 Å². The normalized spacial score (nSPS) is 12.0. The van der Waals surface area contributed by atoms with E-state index < -0.39 is 0 Å². The first-order valence-corrected chi connectivity index (χ1v) is 11.5. The second kappa shape index (κ2) is 6.77. The molecule has 0 atom stereocenters. The SMILES string of the molecule is c1ccc(-c2nc(-n3c4c5ccccc5oc4n4c5ccccc5nc34)nc3ccccc23)cc1. The van der Waals surface area contributed by atoms with Gasteiger partial charge in [-0.05, 0) is 30.3 Å². The number of hydrogen-bond donors (Lipinski definition) is 0. The molecule has 0 spiro atoms. The van der Waals surface area contributed by atoms with Gasteiger partial charge in [-0.1, -0.05) is 72.8 Å². The number of imidazole rings is 2. The Morgan fingerprint density at radius 2 is 1.31 bits per heavy atom. The largest absolute Gasteiger partial charge is 0.437 e. The maximum absolute atomic E-state index is 6.38. The third kappa shape index (κ3) is 2.50. The second-order valence-corrected chi connectivity index (χ2v) is 8.58. The monoisotopic (exact) mass is 451 g/mol. The minimum atomic E-state index is 0.560. The van der Waals surface area contributed by atoms with Crippen molar-refractivity contribution in [2.45, 2.75) is 0 Å². The molecule has 0 unspecified atom stereocenters. The number of rotatable bonds is 2. The molecule has 0 aliphatic carbocycles. The molecule has 4 aromatic carbocycles. The highest BCUT2D eigenvalue weighted by Gasteiger charge is 2.24. The summed E-state index contributed by atoms with van der Waals surface area (Å²) in [5, 5.41) is 2.00. The molecule has 0 N–H and O–H groups in total. The van der Waals surface area contributed by atoms with Crippen LogP contribution in [0.2, 0.25) is 0 Å². The van der Waals surface area contributed by atoms with Crippen molar-refractivity contribution in [2.24, 2.45) is 0 Å². The Labute approximate surface area is 198 Å². The van der Waals surface area contributed by atoms with Crippen molar-refractivity contribution in [1.82, 2.24) is 23.9 Å². The molecule has 0 aliphatic heterocycles. The van der Waals surface area contributed by atoms with Crippen LogP contribution in [0.1, 0.15) is 0 Å². The van der Waals surface area contributed by atoms with Crippen LogP contribution < -0.4 is 0 Å². The van der Waals surface area contributed by atoms with Gasteiger partial charge in [-0.15, -0.1) is 0 Å². The Bertz CT molecular complexity index is 2060. The van der Waals surface area contributed by atoms with Crippen molar-refractivity contribution >= 4 is 49.9 Å². The van der Waals surface area contributed by atoms with Gasteiger partial charge in [0.2, 0.25) is 17.4 Å². The summed E-state index contributed by atoms with van der Waals surface area (Å²) in [4.78, 5) is 15.1. The Hall–Kier alpha value is -4.97. The van der Waals surface area contributed by atoms with E-state index in [1.807, 2.05) is 77.4 Å². The molecule has 0 bridgehead atoms. The van der Waals surface area contributed by atoms with Gasteiger partial charge in [0.25, 0.3) is 0 Å². The molecule has 8 rings (SSSR count). The van der Waals surface area contributed by atoms with E-state index in [0.29, 0.717) is 5.95 Å². The first-order chi connectivity index (χ1) is 17.4. The van der Waals surface area contributed by atoms with Gasteiger partial charge in [0, 0.05) is 16.3 Å². The molecular weight excluding hydrogens is 434 g/mol. The topological polar surface area (TPSA) is 61.2 Å². The molecule has 4 aromatic heterocycles. The van der Waals surface area contributed by atoms with Crippen LogP contribution in [0.4, 0.5) is 0 Å². The van der Waals surface area contributed by atoms with Crippen molar-refractivity contribution in [2.75, 3.05) is 0 Å². The number of benzene rings is 4. The summed E-state index contributed by atoms with van der Waals surface area (Å²) in [6, 6.07) is 34.5. The number of nitrogens with zero attached hydrogens (tertiary/aromatic N) is 5. The van der Waals surface area contributed by atoms with Crippen LogP contribution in [0, 0.1) is 0 Å². The fourth-order valence-corrected chi connectivity index (χ4v) is 5.02. The summed E-state index contributed by atoms with van der Waals surface area (Å²) in [5.41, 5.74) is 7.12. The van der Waals surface area contributed by atoms with E-state index in [2.05, 4.69) is 34.7 Å². The van der Waals surface area contributed by atoms with Gasteiger partial charge in [-0.3, -0.25) is 0 Å². The zero-order valence-corrected chi connectivity index (χ0v) is 18.5. The number of hydrogen-bond acceptors (Lipinski definition) is 4. The van der Waals surface area contributed by atoms with E-state index in [1.54, 1.807) is 0 Å². The molecule has 0 radical (unpaired) electrons. The fraction of sp³-hybridized carbons (Fsp3) is 0. The zero-order chi connectivity index (χ0) is 22.9. The molecule has 0 fully saturated rings. The van der Waals surface area contributed by atoms with Crippen molar-refractivity contribution in [1.29, 1.82) is 0 Å². The number of furan rings is 1. The molecule has 8 aromatic rings.